The molecule has 104 valence electrons. The number of aliphatic hydroxyl groups excluding tert-OH is 1. The number of H-pyrrole nitrogens is 1. The second-order valence-corrected chi connectivity index (χ2v) is 4.67. The van der Waals surface area contributed by atoms with Crippen LogP contribution < -0.4 is 0 Å². The SMILES string of the molecule is CN(C)C(C)(CCO)c1ccccc1.c1c[nH]nn1. The first-order valence-corrected chi connectivity index (χ1v) is 6.25. The second kappa shape index (κ2) is 7.66. The lowest BCUT2D eigenvalue weighted by atomic mass is 9.88. The maximum Gasteiger partial charge on any atom is 0.0690 e. The van der Waals surface area contributed by atoms with Crippen molar-refractivity contribution in [2.24, 2.45) is 0 Å². The van der Waals surface area contributed by atoms with Crippen molar-refractivity contribution in [1.29, 1.82) is 0 Å². The van der Waals surface area contributed by atoms with E-state index in [2.05, 4.69) is 39.4 Å². The highest BCUT2D eigenvalue weighted by molar-refractivity contribution is 5.23. The predicted octanol–water partition coefficient (Wildman–Crippen LogP) is 1.65. The maximum absolute atomic E-state index is 9.09. The molecule has 0 bridgehead atoms. The van der Waals surface area contributed by atoms with Crippen molar-refractivity contribution in [2.75, 3.05) is 20.7 Å². The molecule has 5 heteroatoms. The van der Waals surface area contributed by atoms with E-state index >= 15 is 0 Å². The van der Waals surface area contributed by atoms with Crippen molar-refractivity contribution in [3.05, 3.63) is 48.3 Å². The van der Waals surface area contributed by atoms with Gasteiger partial charge in [-0.1, -0.05) is 35.5 Å². The average molecular weight is 262 g/mol. The molecular weight excluding hydrogens is 240 g/mol. The van der Waals surface area contributed by atoms with Crippen LogP contribution in [-0.2, 0) is 5.54 Å². The van der Waals surface area contributed by atoms with Crippen molar-refractivity contribution in [1.82, 2.24) is 20.3 Å². The summed E-state index contributed by atoms with van der Waals surface area (Å²) in [6, 6.07) is 10.3. The van der Waals surface area contributed by atoms with Crippen LogP contribution in [0.5, 0.6) is 0 Å². The molecule has 1 unspecified atom stereocenters. The van der Waals surface area contributed by atoms with Crippen LogP contribution in [-0.4, -0.2) is 46.1 Å². The minimum Gasteiger partial charge on any atom is -0.396 e. The van der Waals surface area contributed by atoms with E-state index in [4.69, 9.17) is 5.11 Å². The summed E-state index contributed by atoms with van der Waals surface area (Å²) in [6.07, 6.45) is 3.99. The van der Waals surface area contributed by atoms with Gasteiger partial charge >= 0.3 is 0 Å². The first-order chi connectivity index (χ1) is 9.11. The zero-order chi connectivity index (χ0) is 14.1. The minimum absolute atomic E-state index is 0.0734. The first-order valence-electron chi connectivity index (χ1n) is 6.25. The fraction of sp³-hybridized carbons (Fsp3) is 0.429. The molecule has 2 rings (SSSR count). The summed E-state index contributed by atoms with van der Waals surface area (Å²) in [5.74, 6) is 0. The van der Waals surface area contributed by atoms with E-state index in [0.717, 1.165) is 6.42 Å². The number of aromatic amines is 1. The Labute approximate surface area is 114 Å². The molecule has 5 nitrogen and oxygen atoms in total. The largest absolute Gasteiger partial charge is 0.396 e. The fourth-order valence-electron chi connectivity index (χ4n) is 1.81. The van der Waals surface area contributed by atoms with Gasteiger partial charge in [0.15, 0.2) is 0 Å². The normalized spacial score (nSPS) is 13.5. The fourth-order valence-corrected chi connectivity index (χ4v) is 1.81. The van der Waals surface area contributed by atoms with Crippen molar-refractivity contribution >= 4 is 0 Å². The van der Waals surface area contributed by atoms with E-state index in [0.29, 0.717) is 0 Å². The van der Waals surface area contributed by atoms with Gasteiger partial charge in [-0.15, -0.1) is 5.10 Å². The summed E-state index contributed by atoms with van der Waals surface area (Å²) in [7, 11) is 4.09. The van der Waals surface area contributed by atoms with Gasteiger partial charge in [-0.2, -0.15) is 0 Å². The van der Waals surface area contributed by atoms with Crippen LogP contribution in [0.3, 0.4) is 0 Å². The highest BCUT2D eigenvalue weighted by Gasteiger charge is 2.27. The number of rotatable bonds is 4. The number of hydrogen-bond acceptors (Lipinski definition) is 4. The van der Waals surface area contributed by atoms with E-state index in [1.165, 1.54) is 5.56 Å². The Morgan fingerprint density at radius 2 is 1.95 bits per heavy atom. The molecule has 0 saturated heterocycles. The zero-order valence-corrected chi connectivity index (χ0v) is 11.7. The Bertz CT molecular complexity index is 413. The molecule has 0 aliphatic rings. The highest BCUT2D eigenvalue weighted by Crippen LogP contribution is 2.28. The quantitative estimate of drug-likeness (QED) is 0.879. The van der Waals surface area contributed by atoms with E-state index in [1.807, 2.05) is 32.3 Å². The Morgan fingerprint density at radius 3 is 2.32 bits per heavy atom. The lowest BCUT2D eigenvalue weighted by molar-refractivity contribution is 0.124. The number of nitrogens with one attached hydrogen (secondary N) is 1. The molecule has 0 spiro atoms. The summed E-state index contributed by atoms with van der Waals surface area (Å²) in [5.41, 5.74) is 1.18. The van der Waals surface area contributed by atoms with Gasteiger partial charge in [0.05, 0.1) is 6.20 Å². The van der Waals surface area contributed by atoms with E-state index < -0.39 is 0 Å². The zero-order valence-electron chi connectivity index (χ0n) is 11.7. The van der Waals surface area contributed by atoms with Crippen molar-refractivity contribution in [3.8, 4) is 0 Å². The number of hydrogen-bond donors (Lipinski definition) is 2. The number of nitrogens with zero attached hydrogens (tertiary/aromatic N) is 3. The summed E-state index contributed by atoms with van der Waals surface area (Å²) in [4.78, 5) is 2.15. The Kier molecular flexibility index (Phi) is 6.18. The molecule has 1 aromatic heterocycles. The highest BCUT2D eigenvalue weighted by atomic mass is 16.3. The smallest absolute Gasteiger partial charge is 0.0690 e. The molecule has 1 atom stereocenters. The molecule has 0 saturated carbocycles. The molecule has 0 radical (unpaired) electrons. The molecule has 0 amide bonds. The lowest BCUT2D eigenvalue weighted by Crippen LogP contribution is -2.39. The third-order valence-electron chi connectivity index (χ3n) is 3.31. The van der Waals surface area contributed by atoms with Gasteiger partial charge in [0.1, 0.15) is 0 Å². The van der Waals surface area contributed by atoms with Gasteiger partial charge in [0.2, 0.25) is 0 Å². The van der Waals surface area contributed by atoms with Gasteiger partial charge in [0.25, 0.3) is 0 Å². The third kappa shape index (κ3) is 4.46. The second-order valence-electron chi connectivity index (χ2n) is 4.67. The van der Waals surface area contributed by atoms with Gasteiger partial charge in [-0.05, 0) is 33.0 Å². The van der Waals surface area contributed by atoms with Crippen molar-refractivity contribution in [3.63, 3.8) is 0 Å². The summed E-state index contributed by atoms with van der Waals surface area (Å²) in [5, 5.41) is 18.3. The molecule has 1 aromatic carbocycles. The Hall–Kier alpha value is -1.72. The van der Waals surface area contributed by atoms with Crippen LogP contribution in [0.1, 0.15) is 18.9 Å². The lowest BCUT2D eigenvalue weighted by Gasteiger charge is -2.36. The number of benzene rings is 1. The third-order valence-corrected chi connectivity index (χ3v) is 3.31. The number of aliphatic hydroxyl groups is 1. The van der Waals surface area contributed by atoms with Crippen LogP contribution in [0.4, 0.5) is 0 Å². The molecule has 2 N–H and O–H groups in total. The Balaban J connectivity index is 0.000000300. The molecule has 19 heavy (non-hydrogen) atoms. The van der Waals surface area contributed by atoms with Crippen LogP contribution in [0.25, 0.3) is 0 Å². The van der Waals surface area contributed by atoms with E-state index in [-0.39, 0.29) is 12.1 Å². The van der Waals surface area contributed by atoms with Crippen LogP contribution >= 0.6 is 0 Å². The summed E-state index contributed by atoms with van der Waals surface area (Å²) >= 11 is 0. The van der Waals surface area contributed by atoms with Gasteiger partial charge in [0, 0.05) is 18.3 Å². The van der Waals surface area contributed by atoms with E-state index in [1.54, 1.807) is 12.4 Å². The van der Waals surface area contributed by atoms with Gasteiger partial charge in [-0.25, -0.2) is 0 Å². The summed E-state index contributed by atoms with van der Waals surface area (Å²) in [6.45, 7) is 2.36. The summed E-state index contributed by atoms with van der Waals surface area (Å²) < 4.78 is 0. The Morgan fingerprint density at radius 1 is 1.26 bits per heavy atom. The average Bonchev–Trinajstić information content (AvgIpc) is 2.99. The van der Waals surface area contributed by atoms with Gasteiger partial charge < -0.3 is 5.11 Å². The maximum atomic E-state index is 9.09. The van der Waals surface area contributed by atoms with Crippen LogP contribution in [0.2, 0.25) is 0 Å². The molecule has 0 aliphatic heterocycles. The molecule has 0 aliphatic carbocycles. The standard InChI is InChI=1S/C12H19NO.C2H3N3/c1-12(9-10-14,13(2)3)11-7-5-4-6-8-11;1-2-4-5-3-1/h4-8,14H,9-10H2,1-3H3;1-2H,(H,3,4,5). The predicted molar refractivity (Wildman–Crippen MR) is 75.6 cm³/mol. The van der Waals surface area contributed by atoms with Crippen LogP contribution in [0.15, 0.2) is 42.7 Å². The minimum atomic E-state index is -0.0734. The topological polar surface area (TPSA) is 65.0 Å². The molecular formula is C14H22N4O. The first kappa shape index (κ1) is 15.3. The molecule has 1 heterocycles. The monoisotopic (exact) mass is 262 g/mol. The molecule has 0 fully saturated rings. The number of aromatic nitrogens is 3. The van der Waals surface area contributed by atoms with Crippen molar-refractivity contribution in [2.45, 2.75) is 18.9 Å². The molecule has 2 aromatic rings. The van der Waals surface area contributed by atoms with Crippen LogP contribution in [0, 0.1) is 0 Å². The van der Waals surface area contributed by atoms with Crippen molar-refractivity contribution < 1.29 is 5.11 Å². The van der Waals surface area contributed by atoms with E-state index in [9.17, 15) is 0 Å². The van der Waals surface area contributed by atoms with Gasteiger partial charge in [-0.3, -0.25) is 10.00 Å².